The maximum Gasteiger partial charge on any atom is 0.254 e. The number of aliphatic hydroxyl groups is 1. The highest BCUT2D eigenvalue weighted by atomic mass is 16.3. The molecule has 0 aromatic heterocycles. The minimum Gasteiger partial charge on any atom is -0.387 e. The van der Waals surface area contributed by atoms with Gasteiger partial charge in [0.25, 0.3) is 5.91 Å². The zero-order valence-electron chi connectivity index (χ0n) is 22.5. The summed E-state index contributed by atoms with van der Waals surface area (Å²) in [6.07, 6.45) is 7.27. The van der Waals surface area contributed by atoms with Gasteiger partial charge in [0.05, 0.1) is 23.8 Å². The number of hydrogen-bond acceptors (Lipinski definition) is 5. The first kappa shape index (κ1) is 25.1. The number of fused-ring (bicyclic) bond motifs is 2. The fourth-order valence-corrected chi connectivity index (χ4v) is 6.73. The van der Waals surface area contributed by atoms with Crippen molar-refractivity contribution in [2.45, 2.75) is 64.6 Å². The van der Waals surface area contributed by atoms with Crippen LogP contribution in [0.25, 0.3) is 0 Å². The zero-order chi connectivity index (χ0) is 26.8. The molecule has 2 fully saturated rings. The number of aliphatic hydroxyl groups excluding tert-OH is 1. The number of rotatable bonds is 6. The van der Waals surface area contributed by atoms with E-state index in [2.05, 4.69) is 51.3 Å². The van der Waals surface area contributed by atoms with E-state index in [1.54, 1.807) is 12.1 Å². The maximum absolute atomic E-state index is 13.9. The summed E-state index contributed by atoms with van der Waals surface area (Å²) in [4.78, 5) is 28.7. The van der Waals surface area contributed by atoms with Gasteiger partial charge >= 0.3 is 0 Å². The molecule has 2 amide bonds. The minimum absolute atomic E-state index is 0.239. The van der Waals surface area contributed by atoms with Gasteiger partial charge in [-0.15, -0.1) is 0 Å². The lowest BCUT2D eigenvalue weighted by atomic mass is 9.49. The van der Waals surface area contributed by atoms with Crippen LogP contribution in [0.3, 0.4) is 0 Å². The van der Waals surface area contributed by atoms with Crippen LogP contribution in [0.2, 0.25) is 0 Å². The van der Waals surface area contributed by atoms with E-state index in [1.165, 1.54) is 16.9 Å². The molecule has 2 aromatic carbocycles. The number of carbonyl (C=O) groups excluding carboxylic acids is 2. The standard InChI is InChI=1S/C32H37N3O3/c1-19(2)20-10-12-24(13-11-20)33-35-27(29(36)21-16-22-18-23(17-21)32(22,3)4)15-14-26-28(35)31(38)34(30(26)37)25-8-6-5-7-9-25/h5-16,19,22-23,26-29,33,36H,17-18H2,1-4H3/t22-,23+,26?,27?,28?,29?/m0/s1. The molecule has 1 saturated carbocycles. The van der Waals surface area contributed by atoms with Gasteiger partial charge < -0.3 is 10.5 Å². The van der Waals surface area contributed by atoms with Crippen LogP contribution in [0.5, 0.6) is 0 Å². The molecule has 2 aliphatic heterocycles. The number of carbonyl (C=O) groups is 2. The Morgan fingerprint density at radius 3 is 2.29 bits per heavy atom. The van der Waals surface area contributed by atoms with Crippen molar-refractivity contribution in [1.82, 2.24) is 5.01 Å². The van der Waals surface area contributed by atoms with Crippen LogP contribution in [0.4, 0.5) is 11.4 Å². The molecule has 2 N–H and O–H groups in total. The number of anilines is 2. The molecular weight excluding hydrogens is 474 g/mol. The first-order chi connectivity index (χ1) is 18.2. The van der Waals surface area contributed by atoms with Crippen LogP contribution in [-0.4, -0.2) is 40.1 Å². The number of para-hydroxylation sites is 1. The van der Waals surface area contributed by atoms with Crippen molar-refractivity contribution in [3.63, 3.8) is 0 Å². The summed E-state index contributed by atoms with van der Waals surface area (Å²) < 4.78 is 0. The van der Waals surface area contributed by atoms with Gasteiger partial charge in [0.1, 0.15) is 6.04 Å². The summed E-state index contributed by atoms with van der Waals surface area (Å²) in [5.41, 5.74) is 7.37. The smallest absolute Gasteiger partial charge is 0.254 e. The molecule has 6 heteroatoms. The second-order valence-corrected chi connectivity index (χ2v) is 12.2. The van der Waals surface area contributed by atoms with E-state index in [1.807, 2.05) is 47.5 Å². The topological polar surface area (TPSA) is 72.9 Å². The average molecular weight is 512 g/mol. The van der Waals surface area contributed by atoms with Gasteiger partial charge in [-0.2, -0.15) is 0 Å². The summed E-state index contributed by atoms with van der Waals surface area (Å²) in [6.45, 7) is 8.93. The highest BCUT2D eigenvalue weighted by molar-refractivity contribution is 6.24. The summed E-state index contributed by atoms with van der Waals surface area (Å²) in [7, 11) is 0. The summed E-state index contributed by atoms with van der Waals surface area (Å²) in [5, 5.41) is 13.5. The summed E-state index contributed by atoms with van der Waals surface area (Å²) >= 11 is 0. The Bertz CT molecular complexity index is 1300. The third-order valence-electron chi connectivity index (χ3n) is 9.45. The molecule has 1 saturated heterocycles. The number of hydrazine groups is 1. The molecule has 2 heterocycles. The molecular formula is C32H37N3O3. The highest BCUT2D eigenvalue weighted by Crippen LogP contribution is 2.58. The van der Waals surface area contributed by atoms with Crippen molar-refractivity contribution >= 4 is 23.2 Å². The molecule has 6 atom stereocenters. The summed E-state index contributed by atoms with van der Waals surface area (Å²) in [6, 6.07) is 16.0. The molecule has 0 spiro atoms. The van der Waals surface area contributed by atoms with E-state index in [0.717, 1.165) is 17.7 Å². The number of imide groups is 1. The lowest BCUT2D eigenvalue weighted by Crippen LogP contribution is -2.58. The average Bonchev–Trinajstić information content (AvgIpc) is 3.18. The maximum atomic E-state index is 13.9. The first-order valence-corrected chi connectivity index (χ1v) is 13.8. The van der Waals surface area contributed by atoms with Crippen molar-refractivity contribution < 1.29 is 14.7 Å². The second kappa shape index (κ2) is 9.21. The third kappa shape index (κ3) is 3.93. The Balaban J connectivity index is 1.35. The molecule has 198 valence electrons. The molecule has 3 aliphatic carbocycles. The fraction of sp³-hybridized carbons (Fsp3) is 0.438. The Labute approximate surface area is 225 Å². The molecule has 38 heavy (non-hydrogen) atoms. The van der Waals surface area contributed by atoms with Crippen LogP contribution >= 0.6 is 0 Å². The van der Waals surface area contributed by atoms with Crippen LogP contribution in [0.1, 0.15) is 52.0 Å². The predicted molar refractivity (Wildman–Crippen MR) is 149 cm³/mol. The SMILES string of the molecule is CC(C)c1ccc(NN2C(C(O)C3=C[C@H]4C[C@@H](C3)C4(C)C)C=CC3C(=O)N(c4ccccc4)C(=O)C32)cc1. The van der Waals surface area contributed by atoms with E-state index in [9.17, 15) is 14.7 Å². The number of nitrogens with zero attached hydrogens (tertiary/aromatic N) is 2. The largest absolute Gasteiger partial charge is 0.387 e. The lowest BCUT2D eigenvalue weighted by Gasteiger charge is -2.56. The molecule has 0 radical (unpaired) electrons. The highest BCUT2D eigenvalue weighted by Gasteiger charge is 2.55. The van der Waals surface area contributed by atoms with Crippen LogP contribution < -0.4 is 10.3 Å². The van der Waals surface area contributed by atoms with E-state index in [-0.39, 0.29) is 17.2 Å². The van der Waals surface area contributed by atoms with Crippen molar-refractivity contribution in [3.8, 4) is 0 Å². The molecule has 2 aromatic rings. The minimum atomic E-state index is -0.773. The van der Waals surface area contributed by atoms with Gasteiger partial charge in [-0.3, -0.25) is 9.59 Å². The van der Waals surface area contributed by atoms with E-state index in [4.69, 9.17) is 0 Å². The van der Waals surface area contributed by atoms with E-state index >= 15 is 0 Å². The van der Waals surface area contributed by atoms with E-state index in [0.29, 0.717) is 23.4 Å². The molecule has 7 rings (SSSR count). The Hall–Kier alpha value is -3.22. The Morgan fingerprint density at radius 2 is 1.68 bits per heavy atom. The quantitative estimate of drug-likeness (QED) is 0.407. The van der Waals surface area contributed by atoms with Gasteiger partial charge in [0, 0.05) is 5.69 Å². The van der Waals surface area contributed by atoms with Crippen molar-refractivity contribution in [1.29, 1.82) is 0 Å². The van der Waals surface area contributed by atoms with Crippen LogP contribution in [-0.2, 0) is 9.59 Å². The molecule has 5 aliphatic rings. The zero-order valence-corrected chi connectivity index (χ0v) is 22.5. The van der Waals surface area contributed by atoms with Crippen molar-refractivity contribution in [2.75, 3.05) is 10.3 Å². The van der Waals surface area contributed by atoms with Gasteiger partial charge in [-0.1, -0.05) is 76.3 Å². The molecule has 2 bridgehead atoms. The lowest BCUT2D eigenvalue weighted by molar-refractivity contribution is -0.123. The third-order valence-corrected chi connectivity index (χ3v) is 9.45. The number of benzene rings is 2. The fourth-order valence-electron chi connectivity index (χ4n) is 6.73. The van der Waals surface area contributed by atoms with Crippen LogP contribution in [0, 0.1) is 23.2 Å². The second-order valence-electron chi connectivity index (χ2n) is 12.2. The van der Waals surface area contributed by atoms with Crippen molar-refractivity contribution in [3.05, 3.63) is 84.0 Å². The number of hydrogen-bond donors (Lipinski definition) is 2. The van der Waals surface area contributed by atoms with Gasteiger partial charge in [-0.05, 0) is 71.4 Å². The number of amides is 2. The van der Waals surface area contributed by atoms with Gasteiger partial charge in [0.15, 0.2) is 0 Å². The predicted octanol–water partition coefficient (Wildman–Crippen LogP) is 5.29. The Kier molecular flexibility index (Phi) is 6.08. The normalized spacial score (nSPS) is 30.6. The number of nitrogens with one attached hydrogen (secondary N) is 1. The van der Waals surface area contributed by atoms with Crippen molar-refractivity contribution in [2.24, 2.45) is 23.2 Å². The monoisotopic (exact) mass is 511 g/mol. The van der Waals surface area contributed by atoms with Gasteiger partial charge in [0.2, 0.25) is 5.91 Å². The first-order valence-electron chi connectivity index (χ1n) is 13.8. The number of allylic oxidation sites excluding steroid dienone is 1. The molecule has 4 unspecified atom stereocenters. The molecule has 6 nitrogen and oxygen atoms in total. The Morgan fingerprint density at radius 1 is 0.974 bits per heavy atom. The summed E-state index contributed by atoms with van der Waals surface area (Å²) in [5.74, 6) is 0.303. The van der Waals surface area contributed by atoms with Gasteiger partial charge in [-0.25, -0.2) is 9.91 Å². The van der Waals surface area contributed by atoms with E-state index < -0.39 is 24.1 Å². The van der Waals surface area contributed by atoms with Crippen LogP contribution in [0.15, 0.2) is 78.4 Å².